The van der Waals surface area contributed by atoms with Crippen LogP contribution in [-0.4, -0.2) is 104 Å². The van der Waals surface area contributed by atoms with Crippen molar-refractivity contribution >= 4 is 37.5 Å². The number of piperazine rings is 1. The second-order valence-electron chi connectivity index (χ2n) is 14.6. The van der Waals surface area contributed by atoms with Gasteiger partial charge in [0.25, 0.3) is 0 Å². The van der Waals surface area contributed by atoms with Crippen LogP contribution < -0.4 is 14.5 Å². The van der Waals surface area contributed by atoms with Crippen molar-refractivity contribution in [3.05, 3.63) is 40.0 Å². The van der Waals surface area contributed by atoms with Crippen LogP contribution in [0.3, 0.4) is 0 Å². The predicted octanol–water partition coefficient (Wildman–Crippen LogP) is 6.27. The molecule has 2 aromatic rings. The van der Waals surface area contributed by atoms with E-state index in [0.29, 0.717) is 24.5 Å². The molecule has 1 unspecified atom stereocenters. The van der Waals surface area contributed by atoms with E-state index in [9.17, 15) is 28.3 Å². The third-order valence-corrected chi connectivity index (χ3v) is 15.2. The third-order valence-electron chi connectivity index (χ3n) is 10.3. The van der Waals surface area contributed by atoms with Crippen LogP contribution in [0, 0.1) is 11.3 Å². The second kappa shape index (κ2) is 14.1. The summed E-state index contributed by atoms with van der Waals surface area (Å²) in [7, 11) is 0.0497. The maximum atomic E-state index is 14.1. The van der Waals surface area contributed by atoms with E-state index in [1.807, 2.05) is 11.9 Å². The predicted molar refractivity (Wildman–Crippen MR) is 183 cm³/mol. The third kappa shape index (κ3) is 8.03. The highest BCUT2D eigenvalue weighted by atomic mass is 35.5. The summed E-state index contributed by atoms with van der Waals surface area (Å²) < 4.78 is 55.3. The number of carboxylic acid groups (broad SMARTS) is 1. The summed E-state index contributed by atoms with van der Waals surface area (Å²) >= 11 is 6.06. The monoisotopic (exact) mass is 723 g/mol. The van der Waals surface area contributed by atoms with Crippen LogP contribution in [-0.2, 0) is 23.6 Å². The number of rotatable bonds is 8. The maximum Gasteiger partial charge on any atom is 0.419 e. The molecule has 1 aromatic carbocycles. The molecule has 2 saturated heterocycles. The smallest absolute Gasteiger partial charge is 0.419 e. The van der Waals surface area contributed by atoms with Crippen LogP contribution in [0.5, 0.6) is 6.01 Å². The zero-order valence-electron chi connectivity index (χ0n) is 28.8. The van der Waals surface area contributed by atoms with E-state index in [0.717, 1.165) is 18.5 Å². The fourth-order valence-corrected chi connectivity index (χ4v) is 8.26. The van der Waals surface area contributed by atoms with Gasteiger partial charge in [-0.3, -0.25) is 4.90 Å². The Bertz CT molecular complexity index is 1580. The molecule has 1 aromatic heterocycles. The number of likely N-dealkylation sites (N-methyl/N-ethyl adjacent to an activating group) is 1. The summed E-state index contributed by atoms with van der Waals surface area (Å²) in [4.78, 5) is 28.5. The van der Waals surface area contributed by atoms with E-state index in [-0.39, 0.29) is 73.1 Å². The van der Waals surface area contributed by atoms with Crippen LogP contribution in [0.15, 0.2) is 18.2 Å². The van der Waals surface area contributed by atoms with Crippen molar-refractivity contribution in [3.63, 3.8) is 0 Å². The second-order valence-corrected chi connectivity index (χ2v) is 19.8. The van der Waals surface area contributed by atoms with E-state index in [4.69, 9.17) is 30.7 Å². The topological polar surface area (TPSA) is 118 Å². The number of nitrogens with zero attached hydrogens (tertiary/aromatic N) is 7. The van der Waals surface area contributed by atoms with Crippen molar-refractivity contribution in [3.8, 4) is 12.1 Å². The minimum Gasteiger partial charge on any atom is -0.465 e. The summed E-state index contributed by atoms with van der Waals surface area (Å²) in [5.74, 6) is 0.550. The van der Waals surface area contributed by atoms with Crippen LogP contribution in [0.25, 0.3) is 0 Å². The summed E-state index contributed by atoms with van der Waals surface area (Å²) in [6, 6.07) is 5.79. The molecule has 2 fully saturated rings. The Labute approximate surface area is 291 Å². The summed E-state index contributed by atoms with van der Waals surface area (Å²) in [6.45, 7) is 13.2. The summed E-state index contributed by atoms with van der Waals surface area (Å²) in [6.07, 6.45) is -4.56. The number of likely N-dealkylation sites (tertiary alicyclic amines) is 1. The molecular formula is C33H45ClF3N7O4Si. The van der Waals surface area contributed by atoms with Gasteiger partial charge in [0.1, 0.15) is 12.4 Å². The first kappa shape index (κ1) is 36.9. The van der Waals surface area contributed by atoms with Crippen LogP contribution in [0.2, 0.25) is 23.2 Å². The molecule has 5 rings (SSSR count). The Hall–Kier alpha value is -3.32. The molecule has 0 radical (unpaired) electrons. The Kier molecular flexibility index (Phi) is 10.7. The lowest BCUT2D eigenvalue weighted by molar-refractivity contribution is -0.137. The van der Waals surface area contributed by atoms with Gasteiger partial charge < -0.3 is 29.0 Å². The molecule has 1 amide bonds. The fraction of sp³-hybridized carbons (Fsp3) is 0.636. The minimum absolute atomic E-state index is 0.00826. The number of fused-ring (bicyclic) bond motifs is 1. The number of halogens is 4. The van der Waals surface area contributed by atoms with Crippen molar-refractivity contribution in [1.82, 2.24) is 19.8 Å². The van der Waals surface area contributed by atoms with Crippen molar-refractivity contribution < 1.29 is 32.2 Å². The largest absolute Gasteiger partial charge is 0.465 e. The molecule has 3 aliphatic rings. The molecular weight excluding hydrogens is 679 g/mol. The number of nitriles is 1. The van der Waals surface area contributed by atoms with Gasteiger partial charge in [-0.15, -0.1) is 0 Å². The first-order valence-corrected chi connectivity index (χ1v) is 19.8. The number of amides is 1. The number of carbonyl (C=O) groups is 1. The first-order valence-electron chi connectivity index (χ1n) is 16.5. The molecule has 0 aliphatic carbocycles. The lowest BCUT2D eigenvalue weighted by atomic mass is 10.0. The normalized spacial score (nSPS) is 22.2. The van der Waals surface area contributed by atoms with Gasteiger partial charge in [-0.05, 0) is 50.2 Å². The average molecular weight is 724 g/mol. The minimum atomic E-state index is -4.65. The quantitative estimate of drug-likeness (QED) is 0.313. The Balaban J connectivity index is 1.43. The van der Waals surface area contributed by atoms with Crippen LogP contribution >= 0.6 is 11.6 Å². The Morgan fingerprint density at radius 1 is 1.12 bits per heavy atom. The van der Waals surface area contributed by atoms with E-state index in [1.54, 1.807) is 4.90 Å². The molecule has 11 nitrogen and oxygen atoms in total. The zero-order chi connectivity index (χ0) is 35.9. The van der Waals surface area contributed by atoms with Gasteiger partial charge in [-0.2, -0.15) is 28.4 Å². The van der Waals surface area contributed by atoms with Crippen molar-refractivity contribution in [2.45, 2.75) is 89.1 Å². The average Bonchev–Trinajstić information content (AvgIpc) is 3.35. The number of hydrogen-bond donors (Lipinski definition) is 1. The maximum absolute atomic E-state index is 14.1. The van der Waals surface area contributed by atoms with Crippen molar-refractivity contribution in [1.29, 1.82) is 5.26 Å². The van der Waals surface area contributed by atoms with Crippen LogP contribution in [0.4, 0.5) is 29.5 Å². The number of anilines is 2. The van der Waals surface area contributed by atoms with Gasteiger partial charge in [0.15, 0.2) is 8.32 Å². The molecule has 0 bridgehead atoms. The first-order chi connectivity index (χ1) is 22.9. The molecule has 4 heterocycles. The zero-order valence-corrected chi connectivity index (χ0v) is 30.6. The number of aromatic nitrogens is 2. The van der Waals surface area contributed by atoms with E-state index < -0.39 is 32.2 Å². The number of hydrogen-bond acceptors (Lipinski definition) is 9. The van der Waals surface area contributed by atoms with Gasteiger partial charge in [-0.1, -0.05) is 38.4 Å². The van der Waals surface area contributed by atoms with E-state index in [2.05, 4.69) is 44.8 Å². The van der Waals surface area contributed by atoms with Gasteiger partial charge in [0.2, 0.25) is 0 Å². The molecule has 0 spiro atoms. The van der Waals surface area contributed by atoms with Crippen LogP contribution in [0.1, 0.15) is 50.4 Å². The lowest BCUT2D eigenvalue weighted by Crippen LogP contribution is -2.55. The number of ether oxygens (including phenoxy) is 1. The highest BCUT2D eigenvalue weighted by Gasteiger charge is 2.43. The molecule has 0 saturated carbocycles. The fourth-order valence-electron chi connectivity index (χ4n) is 6.63. The highest BCUT2D eigenvalue weighted by Crippen LogP contribution is 2.43. The van der Waals surface area contributed by atoms with Gasteiger partial charge >= 0.3 is 18.3 Å². The SMILES string of the molecule is CN1C[C@H](O[Si](C)(C)C(C)(C)C)C[C@H]1COc1nc2c(c(N3CCN(C(=O)O)C(CC#N)C3)n1)CCN(c1cccc(Cl)c1C(F)(F)F)C2. The Morgan fingerprint density at radius 3 is 2.51 bits per heavy atom. The Morgan fingerprint density at radius 2 is 1.86 bits per heavy atom. The van der Waals surface area contributed by atoms with Crippen molar-refractivity contribution in [2.75, 3.05) is 56.2 Å². The van der Waals surface area contributed by atoms with Gasteiger partial charge in [0, 0.05) is 44.3 Å². The molecule has 49 heavy (non-hydrogen) atoms. The molecule has 1 N–H and O–H groups in total. The summed E-state index contributed by atoms with van der Waals surface area (Å²) in [5, 5.41) is 18.9. The number of alkyl halides is 3. The highest BCUT2D eigenvalue weighted by molar-refractivity contribution is 6.74. The van der Waals surface area contributed by atoms with E-state index >= 15 is 0 Å². The molecule has 3 atom stereocenters. The van der Waals surface area contributed by atoms with Gasteiger partial charge in [-0.25, -0.2) is 4.79 Å². The number of benzene rings is 1. The molecule has 16 heteroatoms. The lowest BCUT2D eigenvalue weighted by Gasteiger charge is -2.41. The standard InChI is InChI=1S/C33H45ClF3N7O4Si/c1-32(2,3)49(5,6)48-23-16-22(41(4)18-23)20-47-30-39-26-19-42(27-9-7-8-25(34)28(27)33(35,36)37)13-11-24(26)29(40-30)43-14-15-44(31(45)46)21(17-43)10-12-38/h7-9,21-23H,10-11,13-20H2,1-6H3,(H,45,46)/t21?,22-,23+/m0/s1. The van der Waals surface area contributed by atoms with E-state index in [1.165, 1.54) is 23.1 Å². The molecule has 3 aliphatic heterocycles. The molecule has 268 valence electrons. The van der Waals surface area contributed by atoms with Crippen molar-refractivity contribution in [2.24, 2.45) is 0 Å². The summed E-state index contributed by atoms with van der Waals surface area (Å²) in [5.41, 5.74) is 0.363. The van der Waals surface area contributed by atoms with Gasteiger partial charge in [0.05, 0.1) is 53.1 Å².